The summed E-state index contributed by atoms with van der Waals surface area (Å²) in [6.07, 6.45) is 2.97. The summed E-state index contributed by atoms with van der Waals surface area (Å²) in [5, 5.41) is 3.20. The summed E-state index contributed by atoms with van der Waals surface area (Å²) in [5.74, 6) is 0.686. The quantitative estimate of drug-likeness (QED) is 0.755. The number of pyridine rings is 1. The van der Waals surface area contributed by atoms with Crippen molar-refractivity contribution in [3.8, 4) is 5.88 Å². The number of hydrogen-bond donors (Lipinski definition) is 1. The number of aromatic nitrogens is 1. The maximum Gasteiger partial charge on any atom is 0.410 e. The lowest BCUT2D eigenvalue weighted by atomic mass is 9.87. The van der Waals surface area contributed by atoms with E-state index in [1.807, 2.05) is 53.7 Å². The van der Waals surface area contributed by atoms with Gasteiger partial charge in [0.15, 0.2) is 0 Å². The lowest BCUT2D eigenvalue weighted by molar-refractivity contribution is -0.132. The fraction of sp³-hybridized carbons (Fsp3) is 0.696. The van der Waals surface area contributed by atoms with E-state index in [4.69, 9.17) is 9.47 Å². The van der Waals surface area contributed by atoms with Crippen molar-refractivity contribution in [1.82, 2.24) is 15.2 Å². The highest BCUT2D eigenvalue weighted by Gasteiger charge is 2.36. The third-order valence-corrected chi connectivity index (χ3v) is 5.37. The molecule has 0 spiro atoms. The van der Waals surface area contributed by atoms with Gasteiger partial charge in [-0.1, -0.05) is 13.0 Å². The topological polar surface area (TPSA) is 80.8 Å². The predicted molar refractivity (Wildman–Crippen MR) is 116 cm³/mol. The van der Waals surface area contributed by atoms with Crippen LogP contribution in [0.4, 0.5) is 4.79 Å². The van der Waals surface area contributed by atoms with Gasteiger partial charge in [-0.05, 0) is 66.4 Å². The van der Waals surface area contributed by atoms with Gasteiger partial charge in [-0.25, -0.2) is 9.78 Å². The van der Waals surface area contributed by atoms with Crippen LogP contribution in [-0.2, 0) is 9.53 Å². The minimum atomic E-state index is -0.704. The molecule has 168 valence electrons. The molecule has 1 aromatic heterocycles. The van der Waals surface area contributed by atoms with Gasteiger partial charge in [-0.15, -0.1) is 0 Å². The van der Waals surface area contributed by atoms with Crippen LogP contribution in [0.3, 0.4) is 0 Å². The molecule has 2 rings (SSSR count). The first-order valence-electron chi connectivity index (χ1n) is 10.8. The van der Waals surface area contributed by atoms with E-state index < -0.39 is 11.0 Å². The standard InChI is InChI=1S/C23H37N3O4/c1-8-17-14-26(21(28)30-22(3,4)5)13-11-18(17)25-20(27)23(6,7)15-29-19-16(2)10-9-12-24-19/h9-10,12,17-18H,8,11,13-15H2,1-7H3,(H,25,27). The van der Waals surface area contributed by atoms with Gasteiger partial charge >= 0.3 is 6.09 Å². The highest BCUT2D eigenvalue weighted by atomic mass is 16.6. The molecule has 7 heteroatoms. The minimum Gasteiger partial charge on any atom is -0.476 e. The van der Waals surface area contributed by atoms with E-state index in [-0.39, 0.29) is 30.6 Å². The number of carbonyl (C=O) groups is 2. The Balaban J connectivity index is 1.93. The number of amides is 2. The molecule has 1 fully saturated rings. The average Bonchev–Trinajstić information content (AvgIpc) is 2.66. The zero-order valence-corrected chi connectivity index (χ0v) is 19.4. The van der Waals surface area contributed by atoms with Crippen LogP contribution in [0.25, 0.3) is 0 Å². The Morgan fingerprint density at radius 2 is 1.97 bits per heavy atom. The van der Waals surface area contributed by atoms with E-state index in [9.17, 15) is 9.59 Å². The Morgan fingerprint density at radius 1 is 1.27 bits per heavy atom. The summed E-state index contributed by atoms with van der Waals surface area (Å²) in [6, 6.07) is 3.81. The second-order valence-electron chi connectivity index (χ2n) is 9.76. The molecule has 2 amide bonds. The molecule has 0 aromatic carbocycles. The number of carbonyl (C=O) groups excluding carboxylic acids is 2. The molecule has 1 aliphatic heterocycles. The number of piperidine rings is 1. The van der Waals surface area contributed by atoms with Crippen molar-refractivity contribution in [2.75, 3.05) is 19.7 Å². The Kier molecular flexibility index (Phi) is 7.72. The second kappa shape index (κ2) is 9.67. The number of aryl methyl sites for hydroxylation is 1. The molecule has 0 radical (unpaired) electrons. The summed E-state index contributed by atoms with van der Waals surface area (Å²) in [6.45, 7) is 14.8. The van der Waals surface area contributed by atoms with E-state index in [0.717, 1.165) is 12.0 Å². The molecule has 0 bridgehead atoms. The summed E-state index contributed by atoms with van der Waals surface area (Å²) in [7, 11) is 0. The maximum absolute atomic E-state index is 13.0. The summed E-state index contributed by atoms with van der Waals surface area (Å²) >= 11 is 0. The molecular formula is C23H37N3O4. The third kappa shape index (κ3) is 6.61. The number of rotatable bonds is 6. The van der Waals surface area contributed by atoms with Crippen molar-refractivity contribution >= 4 is 12.0 Å². The second-order valence-corrected chi connectivity index (χ2v) is 9.76. The summed E-state index contributed by atoms with van der Waals surface area (Å²) in [4.78, 5) is 31.4. The van der Waals surface area contributed by atoms with Crippen molar-refractivity contribution in [3.63, 3.8) is 0 Å². The van der Waals surface area contributed by atoms with Crippen LogP contribution >= 0.6 is 0 Å². The maximum atomic E-state index is 13.0. The van der Waals surface area contributed by atoms with Crippen LogP contribution in [0.5, 0.6) is 5.88 Å². The van der Waals surface area contributed by atoms with Gasteiger partial charge in [0.25, 0.3) is 0 Å². The molecule has 30 heavy (non-hydrogen) atoms. The molecule has 2 heterocycles. The van der Waals surface area contributed by atoms with Crippen LogP contribution in [0.2, 0.25) is 0 Å². The van der Waals surface area contributed by atoms with Crippen molar-refractivity contribution < 1.29 is 19.1 Å². The Bertz CT molecular complexity index is 742. The lowest BCUT2D eigenvalue weighted by Crippen LogP contribution is -2.55. The number of likely N-dealkylation sites (tertiary alicyclic amines) is 1. The van der Waals surface area contributed by atoms with Crippen molar-refractivity contribution in [2.45, 2.75) is 73.0 Å². The van der Waals surface area contributed by atoms with Crippen LogP contribution in [0.1, 0.15) is 59.9 Å². The van der Waals surface area contributed by atoms with Crippen LogP contribution in [0.15, 0.2) is 18.3 Å². The van der Waals surface area contributed by atoms with Gasteiger partial charge in [-0.3, -0.25) is 4.79 Å². The Hall–Kier alpha value is -2.31. The highest BCUT2D eigenvalue weighted by molar-refractivity contribution is 5.82. The first-order chi connectivity index (χ1) is 13.9. The SMILES string of the molecule is CCC1CN(C(=O)OC(C)(C)C)CCC1NC(=O)C(C)(C)COc1ncccc1C. The molecule has 7 nitrogen and oxygen atoms in total. The summed E-state index contributed by atoms with van der Waals surface area (Å²) in [5.41, 5.74) is -0.279. The minimum absolute atomic E-state index is 0.0250. The Labute approximate surface area is 180 Å². The van der Waals surface area contributed by atoms with Gasteiger partial charge in [0.2, 0.25) is 11.8 Å². The van der Waals surface area contributed by atoms with Crippen LogP contribution in [0, 0.1) is 18.3 Å². The van der Waals surface area contributed by atoms with Gasteiger partial charge in [0.05, 0.1) is 5.41 Å². The molecule has 0 aliphatic carbocycles. The Morgan fingerprint density at radius 3 is 2.57 bits per heavy atom. The largest absolute Gasteiger partial charge is 0.476 e. The van der Waals surface area contributed by atoms with Crippen LogP contribution < -0.4 is 10.1 Å². The molecular weight excluding hydrogens is 382 g/mol. The highest BCUT2D eigenvalue weighted by Crippen LogP contribution is 2.25. The van der Waals surface area contributed by atoms with Crippen molar-refractivity contribution in [2.24, 2.45) is 11.3 Å². The van der Waals surface area contributed by atoms with E-state index in [1.165, 1.54) is 0 Å². The molecule has 2 atom stereocenters. The van der Waals surface area contributed by atoms with E-state index in [2.05, 4.69) is 17.2 Å². The molecule has 0 saturated carbocycles. The molecule has 1 aliphatic rings. The number of nitrogens with zero attached hydrogens (tertiary/aromatic N) is 2. The first kappa shape index (κ1) is 24.0. The molecule has 1 saturated heterocycles. The van der Waals surface area contributed by atoms with Gasteiger partial charge in [-0.2, -0.15) is 0 Å². The number of nitrogens with one attached hydrogen (secondary N) is 1. The van der Waals surface area contributed by atoms with Crippen molar-refractivity contribution in [3.05, 3.63) is 23.9 Å². The molecule has 1 aromatic rings. The van der Waals surface area contributed by atoms with E-state index >= 15 is 0 Å². The first-order valence-corrected chi connectivity index (χ1v) is 10.8. The van der Waals surface area contributed by atoms with E-state index in [1.54, 1.807) is 11.1 Å². The van der Waals surface area contributed by atoms with E-state index in [0.29, 0.717) is 25.4 Å². The molecule has 1 N–H and O–H groups in total. The predicted octanol–water partition coefficient (Wildman–Crippen LogP) is 3.95. The van der Waals surface area contributed by atoms with Crippen molar-refractivity contribution in [1.29, 1.82) is 0 Å². The normalized spacial score (nSPS) is 19.9. The summed E-state index contributed by atoms with van der Waals surface area (Å²) < 4.78 is 11.3. The third-order valence-electron chi connectivity index (χ3n) is 5.37. The zero-order chi connectivity index (χ0) is 22.5. The smallest absolute Gasteiger partial charge is 0.410 e. The number of ether oxygens (including phenoxy) is 2. The fourth-order valence-electron chi connectivity index (χ4n) is 3.43. The average molecular weight is 420 g/mol. The van der Waals surface area contributed by atoms with Gasteiger partial charge in [0.1, 0.15) is 12.2 Å². The monoisotopic (exact) mass is 419 g/mol. The van der Waals surface area contributed by atoms with Gasteiger partial charge in [0, 0.05) is 30.9 Å². The fourth-order valence-corrected chi connectivity index (χ4v) is 3.43. The zero-order valence-electron chi connectivity index (χ0n) is 19.4. The number of hydrogen-bond acceptors (Lipinski definition) is 5. The van der Waals surface area contributed by atoms with Crippen LogP contribution in [-0.4, -0.2) is 53.2 Å². The molecule has 2 unspecified atom stereocenters. The lowest BCUT2D eigenvalue weighted by Gasteiger charge is -2.40. The van der Waals surface area contributed by atoms with Gasteiger partial charge < -0.3 is 19.7 Å².